The maximum Gasteiger partial charge on any atom is 0.418 e. The fourth-order valence-corrected chi connectivity index (χ4v) is 2.27. The van der Waals surface area contributed by atoms with Crippen molar-refractivity contribution in [2.45, 2.75) is 11.9 Å². The summed E-state index contributed by atoms with van der Waals surface area (Å²) >= 11 is 1.38. The first-order valence-corrected chi connectivity index (χ1v) is 7.77. The number of aromatic nitrogens is 2. The van der Waals surface area contributed by atoms with E-state index in [1.807, 2.05) is 0 Å². The summed E-state index contributed by atoms with van der Waals surface area (Å²) < 4.78 is 38.7. The van der Waals surface area contributed by atoms with Gasteiger partial charge in [-0.2, -0.15) is 24.9 Å². The zero-order chi connectivity index (χ0) is 17.0. The van der Waals surface area contributed by atoms with Gasteiger partial charge < -0.3 is 10.3 Å². The van der Waals surface area contributed by atoms with Crippen molar-refractivity contribution in [1.82, 2.24) is 9.97 Å². The van der Waals surface area contributed by atoms with Crippen molar-refractivity contribution in [3.05, 3.63) is 57.8 Å². The third kappa shape index (κ3) is 4.35. The summed E-state index contributed by atoms with van der Waals surface area (Å²) in [5.74, 6) is -0.232. The zero-order valence-electron chi connectivity index (χ0n) is 11.9. The van der Waals surface area contributed by atoms with Crippen LogP contribution < -0.4 is 10.9 Å². The highest BCUT2D eigenvalue weighted by molar-refractivity contribution is 7.97. The largest absolute Gasteiger partial charge is 0.418 e. The number of carbonyl (C=O) groups is 1. The number of rotatable bonds is 4. The minimum atomic E-state index is -4.60. The van der Waals surface area contributed by atoms with Crippen molar-refractivity contribution in [3.8, 4) is 0 Å². The topological polar surface area (TPSA) is 74.8 Å². The molecule has 122 valence electrons. The van der Waals surface area contributed by atoms with Crippen LogP contribution in [0.1, 0.15) is 21.9 Å². The zero-order valence-corrected chi connectivity index (χ0v) is 12.7. The van der Waals surface area contributed by atoms with Crippen molar-refractivity contribution in [2.75, 3.05) is 11.6 Å². The molecule has 0 bridgehead atoms. The number of H-pyrrole nitrogens is 1. The predicted octanol–water partition coefficient (Wildman–Crippen LogP) is 2.90. The van der Waals surface area contributed by atoms with E-state index in [2.05, 4.69) is 15.3 Å². The van der Waals surface area contributed by atoms with Crippen molar-refractivity contribution < 1.29 is 18.0 Å². The van der Waals surface area contributed by atoms with Crippen LogP contribution in [0.5, 0.6) is 0 Å². The second kappa shape index (κ2) is 6.86. The molecule has 23 heavy (non-hydrogen) atoms. The van der Waals surface area contributed by atoms with E-state index >= 15 is 0 Å². The van der Waals surface area contributed by atoms with Gasteiger partial charge in [0, 0.05) is 6.07 Å². The maximum absolute atomic E-state index is 12.9. The van der Waals surface area contributed by atoms with Gasteiger partial charge in [0.1, 0.15) is 11.5 Å². The number of alkyl halides is 3. The highest BCUT2D eigenvalue weighted by Gasteiger charge is 2.33. The Morgan fingerprint density at radius 1 is 1.35 bits per heavy atom. The third-order valence-corrected chi connectivity index (χ3v) is 3.35. The van der Waals surface area contributed by atoms with Crippen LogP contribution in [0.3, 0.4) is 0 Å². The minimum absolute atomic E-state index is 0.241. The summed E-state index contributed by atoms with van der Waals surface area (Å²) in [6.07, 6.45) is -2.82. The Morgan fingerprint density at radius 2 is 2.04 bits per heavy atom. The molecule has 0 fully saturated rings. The molecule has 0 saturated heterocycles. The smallest absolute Gasteiger partial charge is 0.320 e. The molecule has 0 atom stereocenters. The average molecular weight is 343 g/mol. The van der Waals surface area contributed by atoms with Gasteiger partial charge in [0.2, 0.25) is 0 Å². The number of halogens is 3. The van der Waals surface area contributed by atoms with Crippen LogP contribution in [0.15, 0.2) is 35.1 Å². The monoisotopic (exact) mass is 343 g/mol. The number of nitrogens with one attached hydrogen (secondary N) is 2. The first kappa shape index (κ1) is 17.1. The van der Waals surface area contributed by atoms with Crippen LogP contribution in [-0.2, 0) is 11.9 Å². The number of hydrogen-bond acceptors (Lipinski definition) is 4. The van der Waals surface area contributed by atoms with Crippen molar-refractivity contribution in [3.63, 3.8) is 0 Å². The van der Waals surface area contributed by atoms with Crippen LogP contribution in [0, 0.1) is 0 Å². The second-order valence-electron chi connectivity index (χ2n) is 4.51. The van der Waals surface area contributed by atoms with E-state index in [-0.39, 0.29) is 11.5 Å². The molecular weight excluding hydrogens is 331 g/mol. The quantitative estimate of drug-likeness (QED) is 0.895. The van der Waals surface area contributed by atoms with Gasteiger partial charge in [-0.3, -0.25) is 9.59 Å². The minimum Gasteiger partial charge on any atom is -0.320 e. The first-order valence-electron chi connectivity index (χ1n) is 6.38. The Kier molecular flexibility index (Phi) is 5.09. The second-order valence-corrected chi connectivity index (χ2v) is 5.37. The van der Waals surface area contributed by atoms with Crippen LogP contribution in [0.25, 0.3) is 0 Å². The lowest BCUT2D eigenvalue weighted by Gasteiger charge is -2.13. The summed E-state index contributed by atoms with van der Waals surface area (Å²) in [5, 5.41) is 2.15. The SMILES string of the molecule is CSCc1nc(C(=O)Nc2ccccc2C(F)(F)F)cc(=O)[nH]1. The Labute approximate surface area is 133 Å². The van der Waals surface area contributed by atoms with E-state index in [4.69, 9.17) is 0 Å². The third-order valence-electron chi connectivity index (χ3n) is 2.79. The van der Waals surface area contributed by atoms with E-state index in [0.29, 0.717) is 5.75 Å². The lowest BCUT2D eigenvalue weighted by Crippen LogP contribution is -2.21. The van der Waals surface area contributed by atoms with Crippen molar-refractivity contribution in [2.24, 2.45) is 0 Å². The Hall–Kier alpha value is -2.29. The normalized spacial score (nSPS) is 11.3. The van der Waals surface area contributed by atoms with Crippen LogP contribution in [0.2, 0.25) is 0 Å². The molecule has 0 unspecified atom stereocenters. The van der Waals surface area contributed by atoms with Gasteiger partial charge in [0.25, 0.3) is 11.5 Å². The van der Waals surface area contributed by atoms with Gasteiger partial charge in [0.15, 0.2) is 0 Å². The molecule has 0 aliphatic rings. The standard InChI is InChI=1S/C14H12F3N3O2S/c1-23-7-11-18-10(6-12(21)20-11)13(22)19-9-5-3-2-4-8(9)14(15,16)17/h2-6H,7H2,1H3,(H,19,22)(H,18,20,21). The molecule has 1 aromatic heterocycles. The Balaban J connectivity index is 2.32. The molecule has 1 aromatic carbocycles. The molecule has 1 heterocycles. The van der Waals surface area contributed by atoms with Gasteiger partial charge in [0.05, 0.1) is 17.0 Å². The molecule has 1 amide bonds. The molecule has 0 aliphatic carbocycles. The number of thioether (sulfide) groups is 1. The summed E-state index contributed by atoms with van der Waals surface area (Å²) in [7, 11) is 0. The Bertz CT molecular complexity index is 774. The van der Waals surface area contributed by atoms with Crippen LogP contribution >= 0.6 is 11.8 Å². The molecule has 9 heteroatoms. The molecular formula is C14H12F3N3O2S. The van der Waals surface area contributed by atoms with Crippen molar-refractivity contribution >= 4 is 23.4 Å². The highest BCUT2D eigenvalue weighted by atomic mass is 32.2. The Morgan fingerprint density at radius 3 is 2.70 bits per heavy atom. The number of anilines is 1. The summed E-state index contributed by atoms with van der Waals surface area (Å²) in [6.45, 7) is 0. The molecule has 0 radical (unpaired) electrons. The van der Waals surface area contributed by atoms with E-state index in [9.17, 15) is 22.8 Å². The number of nitrogens with zero attached hydrogens (tertiary/aromatic N) is 1. The highest BCUT2D eigenvalue weighted by Crippen LogP contribution is 2.34. The van der Waals surface area contributed by atoms with Gasteiger partial charge in [-0.05, 0) is 18.4 Å². The number of benzene rings is 1. The number of amides is 1. The number of para-hydroxylation sites is 1. The van der Waals surface area contributed by atoms with Gasteiger partial charge in [-0.1, -0.05) is 12.1 Å². The van der Waals surface area contributed by atoms with Gasteiger partial charge in [-0.25, -0.2) is 4.98 Å². The summed E-state index contributed by atoms with van der Waals surface area (Å²) in [5.41, 5.74) is -2.14. The molecule has 5 nitrogen and oxygen atoms in total. The fourth-order valence-electron chi connectivity index (χ4n) is 1.86. The number of aromatic amines is 1. The maximum atomic E-state index is 12.9. The van der Waals surface area contributed by atoms with Crippen LogP contribution in [-0.4, -0.2) is 22.1 Å². The van der Waals surface area contributed by atoms with E-state index in [1.54, 1.807) is 6.26 Å². The first-order chi connectivity index (χ1) is 10.8. The van der Waals surface area contributed by atoms with E-state index in [1.165, 1.54) is 23.9 Å². The van der Waals surface area contributed by atoms with Gasteiger partial charge >= 0.3 is 6.18 Å². The lowest BCUT2D eigenvalue weighted by atomic mass is 10.1. The molecule has 0 spiro atoms. The molecule has 2 N–H and O–H groups in total. The molecule has 0 aliphatic heterocycles. The summed E-state index contributed by atoms with van der Waals surface area (Å²) in [4.78, 5) is 30.0. The van der Waals surface area contributed by atoms with Crippen molar-refractivity contribution in [1.29, 1.82) is 0 Å². The summed E-state index contributed by atoms with van der Waals surface area (Å²) in [6, 6.07) is 5.53. The fraction of sp³-hybridized carbons (Fsp3) is 0.214. The molecule has 2 aromatic rings. The molecule has 2 rings (SSSR count). The average Bonchev–Trinajstić information content (AvgIpc) is 2.46. The predicted molar refractivity (Wildman–Crippen MR) is 81.5 cm³/mol. The molecule has 0 saturated carbocycles. The van der Waals surface area contributed by atoms with Crippen LogP contribution in [0.4, 0.5) is 18.9 Å². The number of hydrogen-bond donors (Lipinski definition) is 2. The van der Waals surface area contributed by atoms with E-state index < -0.39 is 28.9 Å². The van der Waals surface area contributed by atoms with E-state index in [0.717, 1.165) is 18.2 Å². The van der Waals surface area contributed by atoms with Gasteiger partial charge in [-0.15, -0.1) is 0 Å². The lowest BCUT2D eigenvalue weighted by molar-refractivity contribution is -0.136. The number of carbonyl (C=O) groups excluding carboxylic acids is 1.